The summed E-state index contributed by atoms with van der Waals surface area (Å²) < 4.78 is 46.9. The fourth-order valence-electron chi connectivity index (χ4n) is 6.90. The van der Waals surface area contributed by atoms with Crippen molar-refractivity contribution >= 4 is 47.8 Å². The number of hydrogen-bond acceptors (Lipinski definition) is 11. The molecule has 0 unspecified atom stereocenters. The maximum absolute atomic E-state index is 14.5. The van der Waals surface area contributed by atoms with Crippen LogP contribution in [-0.2, 0) is 8.98 Å². The van der Waals surface area contributed by atoms with Gasteiger partial charge in [0.1, 0.15) is 34.5 Å². The van der Waals surface area contributed by atoms with Gasteiger partial charge in [0, 0.05) is 37.4 Å². The van der Waals surface area contributed by atoms with E-state index < -0.39 is 23.2 Å². The largest absolute Gasteiger partial charge is 0.496 e. The first-order chi connectivity index (χ1) is 27.3. The fraction of sp³-hybridized carbons (Fsp3) is 0.244. The molecule has 56 heavy (non-hydrogen) atoms. The second-order valence-corrected chi connectivity index (χ2v) is 13.3. The Bertz CT molecular complexity index is 2360. The number of benzene rings is 3. The number of methoxy groups -OCH3 is 1. The van der Waals surface area contributed by atoms with Crippen molar-refractivity contribution in [1.82, 2.24) is 24.3 Å². The van der Waals surface area contributed by atoms with E-state index in [4.69, 9.17) is 19.4 Å². The molecule has 4 heterocycles. The number of thiol groups is 1. The standard InChI is InChI=1S/C41H39F2N7O5S/c1-3-54-34-24-26(25-15-20-49(21-16-25)22-17-36(51)55-56)10-12-31(34)45-41-44-18-14-32(46-41)39-37(47-35-9-4-5-19-50(35)39)27-11-13-33(53-2)28(23-27)40(52)48-38-29(42)7-6-8-30(38)43/h4-14,18-19,23-25,56H,3,15-17,20-22H2,1-2H3,(H,48,52)(H,44,45,46). The minimum Gasteiger partial charge on any atom is -0.496 e. The lowest BCUT2D eigenvalue weighted by atomic mass is 9.89. The van der Waals surface area contributed by atoms with Crippen LogP contribution in [0.2, 0.25) is 0 Å². The average Bonchev–Trinajstić information content (AvgIpc) is 3.62. The van der Waals surface area contributed by atoms with Gasteiger partial charge in [-0.05, 0) is 105 Å². The highest BCUT2D eigenvalue weighted by Gasteiger charge is 2.24. The summed E-state index contributed by atoms with van der Waals surface area (Å²) in [5.74, 6) is -1.36. The zero-order valence-corrected chi connectivity index (χ0v) is 31.6. The van der Waals surface area contributed by atoms with Crippen LogP contribution in [0.1, 0.15) is 48.0 Å². The predicted molar refractivity (Wildman–Crippen MR) is 212 cm³/mol. The highest BCUT2D eigenvalue weighted by Crippen LogP contribution is 2.37. The molecule has 7 rings (SSSR count). The molecule has 6 aromatic rings. The molecule has 12 nitrogen and oxygen atoms in total. The molecule has 0 radical (unpaired) electrons. The summed E-state index contributed by atoms with van der Waals surface area (Å²) in [4.78, 5) is 41.6. The van der Waals surface area contributed by atoms with Gasteiger partial charge in [0.25, 0.3) is 5.91 Å². The van der Waals surface area contributed by atoms with E-state index in [1.807, 2.05) is 41.8 Å². The van der Waals surface area contributed by atoms with E-state index in [9.17, 15) is 18.4 Å². The number of carbonyl (C=O) groups is 2. The number of amides is 1. The Morgan fingerprint density at radius 1 is 0.946 bits per heavy atom. The van der Waals surface area contributed by atoms with Crippen molar-refractivity contribution in [2.45, 2.75) is 32.1 Å². The summed E-state index contributed by atoms with van der Waals surface area (Å²) in [6, 6.07) is 21.8. The van der Waals surface area contributed by atoms with Crippen LogP contribution < -0.4 is 20.1 Å². The second-order valence-electron chi connectivity index (χ2n) is 13.1. The van der Waals surface area contributed by atoms with Gasteiger partial charge >= 0.3 is 5.97 Å². The van der Waals surface area contributed by atoms with E-state index >= 15 is 0 Å². The van der Waals surface area contributed by atoms with Gasteiger partial charge in [-0.3, -0.25) is 14.0 Å². The number of ether oxygens (including phenoxy) is 2. The van der Waals surface area contributed by atoms with Gasteiger partial charge in [-0.2, -0.15) is 0 Å². The molecule has 15 heteroatoms. The smallest absolute Gasteiger partial charge is 0.318 e. The maximum atomic E-state index is 14.5. The molecule has 1 fully saturated rings. The van der Waals surface area contributed by atoms with Crippen molar-refractivity contribution in [2.75, 3.05) is 44.0 Å². The zero-order valence-electron chi connectivity index (χ0n) is 30.7. The summed E-state index contributed by atoms with van der Waals surface area (Å²) in [5, 5.41) is 5.69. The Morgan fingerprint density at radius 3 is 2.50 bits per heavy atom. The molecular formula is C41H39F2N7O5S. The van der Waals surface area contributed by atoms with Crippen LogP contribution >= 0.6 is 12.9 Å². The number of carbonyl (C=O) groups excluding carboxylic acids is 2. The predicted octanol–water partition coefficient (Wildman–Crippen LogP) is 8.10. The molecule has 0 saturated carbocycles. The summed E-state index contributed by atoms with van der Waals surface area (Å²) in [6.45, 7) is 4.78. The van der Waals surface area contributed by atoms with E-state index in [1.165, 1.54) is 18.7 Å². The van der Waals surface area contributed by atoms with Gasteiger partial charge in [0.05, 0.1) is 48.5 Å². The van der Waals surface area contributed by atoms with Crippen LogP contribution in [0.3, 0.4) is 0 Å². The van der Waals surface area contributed by atoms with Gasteiger partial charge in [0.15, 0.2) is 0 Å². The number of fused-ring (bicyclic) bond motifs is 1. The fourth-order valence-corrected chi connectivity index (χ4v) is 6.99. The summed E-state index contributed by atoms with van der Waals surface area (Å²) in [7, 11) is 1.41. The topological polar surface area (TPSA) is 132 Å². The zero-order chi connectivity index (χ0) is 39.2. The molecule has 3 aromatic heterocycles. The third-order valence-electron chi connectivity index (χ3n) is 9.69. The number of piperidine rings is 1. The van der Waals surface area contributed by atoms with Crippen LogP contribution in [-0.4, -0.2) is 69.5 Å². The van der Waals surface area contributed by atoms with E-state index in [-0.39, 0.29) is 17.3 Å². The minimum atomic E-state index is -0.905. The number of nitrogens with one attached hydrogen (secondary N) is 2. The normalized spacial score (nSPS) is 13.4. The molecule has 0 aliphatic carbocycles. The van der Waals surface area contributed by atoms with Crippen molar-refractivity contribution in [3.63, 3.8) is 0 Å². The number of anilines is 3. The number of nitrogens with zero attached hydrogens (tertiary/aromatic N) is 5. The summed E-state index contributed by atoms with van der Waals surface area (Å²) in [5.41, 5.74) is 4.19. The lowest BCUT2D eigenvalue weighted by Crippen LogP contribution is -2.34. The van der Waals surface area contributed by atoms with Crippen LogP contribution in [0.15, 0.2) is 91.3 Å². The Balaban J connectivity index is 1.17. The number of hydrogen-bond donors (Lipinski definition) is 3. The molecule has 0 bridgehead atoms. The highest BCUT2D eigenvalue weighted by molar-refractivity contribution is 7.75. The van der Waals surface area contributed by atoms with Gasteiger partial charge in [-0.25, -0.2) is 23.7 Å². The molecule has 1 aliphatic rings. The number of imidazole rings is 1. The molecule has 3 aromatic carbocycles. The minimum absolute atomic E-state index is 0.0500. The van der Waals surface area contributed by atoms with E-state index in [2.05, 4.69) is 49.7 Å². The van der Waals surface area contributed by atoms with Crippen LogP contribution in [0.25, 0.3) is 28.3 Å². The molecule has 2 N–H and O–H groups in total. The third kappa shape index (κ3) is 8.28. The monoisotopic (exact) mass is 779 g/mol. The van der Waals surface area contributed by atoms with E-state index in [0.29, 0.717) is 71.2 Å². The van der Waals surface area contributed by atoms with Crippen molar-refractivity contribution in [3.05, 3.63) is 114 Å². The molecule has 1 amide bonds. The van der Waals surface area contributed by atoms with Crippen molar-refractivity contribution in [3.8, 4) is 34.1 Å². The first kappa shape index (κ1) is 38.2. The van der Waals surface area contributed by atoms with Crippen molar-refractivity contribution in [1.29, 1.82) is 0 Å². The lowest BCUT2D eigenvalue weighted by molar-refractivity contribution is -0.133. The van der Waals surface area contributed by atoms with Gasteiger partial charge < -0.3 is 29.2 Å². The van der Waals surface area contributed by atoms with Crippen LogP contribution in [0, 0.1) is 11.6 Å². The Labute approximate surface area is 327 Å². The average molecular weight is 780 g/mol. The molecule has 288 valence electrons. The number of pyridine rings is 1. The molecular weight excluding hydrogens is 741 g/mol. The molecule has 0 atom stereocenters. The SMILES string of the molecule is CCOc1cc(C2CCN(CCC(=O)OS)CC2)ccc1Nc1nccc(-c2c(-c3ccc(OC)c(C(=O)Nc4c(F)cccc4F)c3)nc3ccccn23)n1. The van der Waals surface area contributed by atoms with Gasteiger partial charge in [-0.15, -0.1) is 0 Å². The first-order valence-corrected chi connectivity index (χ1v) is 18.5. The second kappa shape index (κ2) is 17.2. The van der Waals surface area contributed by atoms with Gasteiger partial charge in [0.2, 0.25) is 5.95 Å². The number of likely N-dealkylation sites (tertiary alicyclic amines) is 1. The molecule has 1 saturated heterocycles. The molecule has 1 aliphatic heterocycles. The summed E-state index contributed by atoms with van der Waals surface area (Å²) in [6.07, 6.45) is 5.72. The Morgan fingerprint density at radius 2 is 1.75 bits per heavy atom. The quantitative estimate of drug-likeness (QED) is 0.0781. The third-order valence-corrected chi connectivity index (χ3v) is 9.90. The lowest BCUT2D eigenvalue weighted by Gasteiger charge is -2.32. The van der Waals surface area contributed by atoms with Crippen LogP contribution in [0.4, 0.5) is 26.1 Å². The number of rotatable bonds is 13. The first-order valence-electron chi connectivity index (χ1n) is 18.1. The Hall–Kier alpha value is -6.06. The maximum Gasteiger partial charge on any atom is 0.318 e. The van der Waals surface area contributed by atoms with Crippen LogP contribution in [0.5, 0.6) is 11.5 Å². The van der Waals surface area contributed by atoms with Gasteiger partial charge in [-0.1, -0.05) is 18.2 Å². The number of halogens is 2. The highest BCUT2D eigenvalue weighted by atomic mass is 32.1. The van der Waals surface area contributed by atoms with E-state index in [1.54, 1.807) is 30.5 Å². The molecule has 0 spiro atoms. The van der Waals surface area contributed by atoms with Crippen molar-refractivity contribution < 1.29 is 32.0 Å². The summed E-state index contributed by atoms with van der Waals surface area (Å²) >= 11 is 3.59. The van der Waals surface area contributed by atoms with Crippen molar-refractivity contribution in [2.24, 2.45) is 0 Å². The Kier molecular flexibility index (Phi) is 11.7. The van der Waals surface area contributed by atoms with E-state index in [0.717, 1.165) is 38.1 Å². The number of para-hydroxylation sites is 1. The number of aromatic nitrogens is 4.